The SMILES string of the molecule is CC/C=C\C/C=C\C/C=C\C/C=C\C/C=C\C/C=C\C/C=C\C/C=C\C/C=C\CCCCCCCCCCCCCCCC(=O)NC(COP(=O)([O-])OCC[N+](C)(C)C)C(O)/C=C/CC/C=C/CCCCCC. The lowest BCUT2D eigenvalue weighted by molar-refractivity contribution is -0.870. The Balaban J connectivity index is 4.00. The number of hydrogen-bond donors (Lipinski definition) is 2. The summed E-state index contributed by atoms with van der Waals surface area (Å²) in [6.45, 7) is 4.45. The Morgan fingerprint density at radius 3 is 1.27 bits per heavy atom. The van der Waals surface area contributed by atoms with Crippen LogP contribution < -0.4 is 10.2 Å². The minimum atomic E-state index is -4.60. The van der Waals surface area contributed by atoms with Crippen molar-refractivity contribution in [2.75, 3.05) is 40.9 Å². The first-order valence-corrected chi connectivity index (χ1v) is 30.5. The highest BCUT2D eigenvalue weighted by Gasteiger charge is 2.23. The lowest BCUT2D eigenvalue weighted by atomic mass is 10.0. The molecule has 0 fully saturated rings. The van der Waals surface area contributed by atoms with Crippen molar-refractivity contribution in [1.29, 1.82) is 0 Å². The Labute approximate surface area is 449 Å². The molecule has 1 amide bonds. The first-order valence-electron chi connectivity index (χ1n) is 29.0. The smallest absolute Gasteiger partial charge is 0.268 e. The summed E-state index contributed by atoms with van der Waals surface area (Å²) >= 11 is 0. The molecule has 0 aliphatic rings. The van der Waals surface area contributed by atoms with E-state index in [-0.39, 0.29) is 12.5 Å². The van der Waals surface area contributed by atoms with Crippen LogP contribution in [0.3, 0.4) is 0 Å². The van der Waals surface area contributed by atoms with E-state index >= 15 is 0 Å². The van der Waals surface area contributed by atoms with Crippen LogP contribution in [0.15, 0.2) is 134 Å². The molecule has 0 saturated carbocycles. The van der Waals surface area contributed by atoms with Gasteiger partial charge in [-0.15, -0.1) is 0 Å². The van der Waals surface area contributed by atoms with Crippen molar-refractivity contribution < 1.29 is 32.9 Å². The zero-order valence-electron chi connectivity index (χ0n) is 47.3. The molecule has 0 aromatic heterocycles. The predicted molar refractivity (Wildman–Crippen MR) is 315 cm³/mol. The third kappa shape index (κ3) is 56.2. The molecule has 0 bridgehead atoms. The summed E-state index contributed by atoms with van der Waals surface area (Å²) in [6, 6.07) is -0.910. The maximum atomic E-state index is 12.9. The van der Waals surface area contributed by atoms with Crippen LogP contribution >= 0.6 is 7.82 Å². The van der Waals surface area contributed by atoms with Crippen LogP contribution in [0.4, 0.5) is 0 Å². The third-order valence-corrected chi connectivity index (χ3v) is 13.1. The van der Waals surface area contributed by atoms with Gasteiger partial charge in [-0.25, -0.2) is 0 Å². The average molecular weight is 1030 g/mol. The van der Waals surface area contributed by atoms with Gasteiger partial charge in [-0.2, -0.15) is 0 Å². The summed E-state index contributed by atoms with van der Waals surface area (Å²) in [6.07, 6.45) is 81.3. The highest BCUT2D eigenvalue weighted by atomic mass is 31.2. The number of quaternary nitrogens is 1. The zero-order valence-corrected chi connectivity index (χ0v) is 48.2. The van der Waals surface area contributed by atoms with E-state index in [1.807, 2.05) is 27.2 Å². The van der Waals surface area contributed by atoms with E-state index < -0.39 is 26.6 Å². The molecule has 0 aromatic rings. The molecule has 0 aliphatic heterocycles. The van der Waals surface area contributed by atoms with Gasteiger partial charge in [0, 0.05) is 6.42 Å². The van der Waals surface area contributed by atoms with Gasteiger partial charge >= 0.3 is 0 Å². The van der Waals surface area contributed by atoms with Gasteiger partial charge < -0.3 is 28.8 Å². The number of aliphatic hydroxyl groups excluding tert-OH is 1. The second-order valence-corrected chi connectivity index (χ2v) is 21.7. The Kier molecular flexibility index (Phi) is 51.0. The number of aliphatic hydroxyl groups is 1. The zero-order chi connectivity index (χ0) is 53.5. The Morgan fingerprint density at radius 1 is 0.493 bits per heavy atom. The molecule has 3 atom stereocenters. The van der Waals surface area contributed by atoms with E-state index in [4.69, 9.17) is 9.05 Å². The molecule has 8 nitrogen and oxygen atoms in total. The summed E-state index contributed by atoms with van der Waals surface area (Å²) in [5.74, 6) is -0.216. The number of carbonyl (C=O) groups excluding carboxylic acids is 1. The molecule has 0 radical (unpaired) electrons. The minimum absolute atomic E-state index is 0.0121. The van der Waals surface area contributed by atoms with Gasteiger partial charge in [0.2, 0.25) is 5.91 Å². The van der Waals surface area contributed by atoms with Gasteiger partial charge in [0.15, 0.2) is 0 Å². The molecule has 3 unspecified atom stereocenters. The summed E-state index contributed by atoms with van der Waals surface area (Å²) in [7, 11) is 1.23. The van der Waals surface area contributed by atoms with Gasteiger partial charge in [0.05, 0.1) is 39.9 Å². The van der Waals surface area contributed by atoms with Crippen molar-refractivity contribution in [2.45, 2.75) is 225 Å². The first kappa shape index (κ1) is 69.6. The molecule has 416 valence electrons. The molecule has 0 aliphatic carbocycles. The fourth-order valence-corrected chi connectivity index (χ4v) is 8.29. The number of allylic oxidation sites excluding steroid dienone is 21. The standard InChI is InChI=1S/C64H109N2O6P/c1-6-8-10-12-14-16-18-19-20-21-22-23-24-25-26-27-28-29-30-31-32-33-34-35-36-37-38-39-40-41-42-43-44-45-46-47-48-50-52-54-56-58-64(68)65-62(61-72-73(69,70)71-60-59-66(3,4)5)63(67)57-55-53-51-49-17-15-13-11-9-7-2/h8,10,14,16-17,19-20,22-23,25-26,28-29,31-32,34-35,37-38,49,55,57,62-63,67H,6-7,9,11-13,15,18,21,24,27,30,33,36,39-48,50-54,56,58-61H2,1-5H3,(H-,65,68,69,70)/b10-8-,16-14-,20-19-,23-22-,26-25-,29-28-,32-31-,35-34-,38-37-,49-17+,57-55+. The molecular formula is C64H109N2O6P. The molecule has 9 heteroatoms. The number of rotatable bonds is 51. The van der Waals surface area contributed by atoms with E-state index in [1.165, 1.54) is 96.3 Å². The van der Waals surface area contributed by atoms with Crippen LogP contribution in [0.5, 0.6) is 0 Å². The largest absolute Gasteiger partial charge is 0.756 e. The number of nitrogens with one attached hydrogen (secondary N) is 1. The van der Waals surface area contributed by atoms with Crippen LogP contribution in [-0.2, 0) is 18.4 Å². The lowest BCUT2D eigenvalue weighted by Gasteiger charge is -2.29. The van der Waals surface area contributed by atoms with Gasteiger partial charge in [-0.1, -0.05) is 237 Å². The monoisotopic (exact) mass is 1030 g/mol. The van der Waals surface area contributed by atoms with Crippen LogP contribution in [0, 0.1) is 0 Å². The van der Waals surface area contributed by atoms with Gasteiger partial charge in [-0.3, -0.25) is 9.36 Å². The summed E-state index contributed by atoms with van der Waals surface area (Å²) in [4.78, 5) is 25.4. The normalized spacial score (nSPS) is 14.9. The third-order valence-electron chi connectivity index (χ3n) is 12.1. The van der Waals surface area contributed by atoms with Crippen molar-refractivity contribution in [3.63, 3.8) is 0 Å². The lowest BCUT2D eigenvalue weighted by Crippen LogP contribution is -2.45. The number of phosphoric acid groups is 1. The molecular weight excluding hydrogens is 924 g/mol. The second kappa shape index (κ2) is 53.5. The minimum Gasteiger partial charge on any atom is -0.756 e. The molecule has 0 spiro atoms. The first-order chi connectivity index (χ1) is 35.5. The average Bonchev–Trinajstić information content (AvgIpc) is 3.35. The summed E-state index contributed by atoms with van der Waals surface area (Å²) < 4.78 is 23.2. The predicted octanol–water partition coefficient (Wildman–Crippen LogP) is 17.3. The van der Waals surface area contributed by atoms with Crippen LogP contribution in [0.1, 0.15) is 213 Å². The van der Waals surface area contributed by atoms with Crippen LogP contribution in [0.2, 0.25) is 0 Å². The summed E-state index contributed by atoms with van der Waals surface area (Å²) in [5.41, 5.74) is 0. The number of amides is 1. The van der Waals surface area contributed by atoms with E-state index in [2.05, 4.69) is 141 Å². The van der Waals surface area contributed by atoms with Gasteiger partial charge in [-0.05, 0) is 103 Å². The Bertz CT molecular complexity index is 1640. The quantitative estimate of drug-likeness (QED) is 0.0272. The van der Waals surface area contributed by atoms with E-state index in [0.29, 0.717) is 17.4 Å². The summed E-state index contributed by atoms with van der Waals surface area (Å²) in [5, 5.41) is 13.8. The van der Waals surface area contributed by atoms with Crippen molar-refractivity contribution in [3.8, 4) is 0 Å². The van der Waals surface area contributed by atoms with Crippen LogP contribution in [0.25, 0.3) is 0 Å². The maximum Gasteiger partial charge on any atom is 0.268 e. The molecule has 0 heterocycles. The number of likely N-dealkylation sites (N-methyl/N-ethyl adjacent to an activating group) is 1. The fraction of sp³-hybridized carbons (Fsp3) is 0.641. The van der Waals surface area contributed by atoms with Crippen molar-refractivity contribution in [2.24, 2.45) is 0 Å². The van der Waals surface area contributed by atoms with Crippen LogP contribution in [-0.4, -0.2) is 68.5 Å². The number of nitrogens with zero attached hydrogens (tertiary/aromatic N) is 1. The van der Waals surface area contributed by atoms with E-state index in [0.717, 1.165) is 96.3 Å². The molecule has 0 rings (SSSR count). The molecule has 2 N–H and O–H groups in total. The number of unbranched alkanes of at least 4 members (excludes halogenated alkanes) is 18. The van der Waals surface area contributed by atoms with E-state index in [9.17, 15) is 19.4 Å². The Hall–Kier alpha value is -3.36. The molecule has 73 heavy (non-hydrogen) atoms. The van der Waals surface area contributed by atoms with Crippen molar-refractivity contribution >= 4 is 13.7 Å². The van der Waals surface area contributed by atoms with Crippen molar-refractivity contribution in [1.82, 2.24) is 5.32 Å². The Morgan fingerprint density at radius 2 is 0.849 bits per heavy atom. The molecule has 0 aromatic carbocycles. The van der Waals surface area contributed by atoms with Crippen molar-refractivity contribution in [3.05, 3.63) is 134 Å². The number of phosphoric ester groups is 1. The van der Waals surface area contributed by atoms with E-state index in [1.54, 1.807) is 6.08 Å². The van der Waals surface area contributed by atoms with Gasteiger partial charge in [0.1, 0.15) is 13.2 Å². The highest BCUT2D eigenvalue weighted by Crippen LogP contribution is 2.38. The maximum absolute atomic E-state index is 12.9. The second-order valence-electron chi connectivity index (χ2n) is 20.3. The molecule has 0 saturated heterocycles. The topological polar surface area (TPSA) is 108 Å². The fourth-order valence-electron chi connectivity index (χ4n) is 7.57. The number of hydrogen-bond acceptors (Lipinski definition) is 6. The van der Waals surface area contributed by atoms with Gasteiger partial charge in [0.25, 0.3) is 7.82 Å². The highest BCUT2D eigenvalue weighted by molar-refractivity contribution is 7.45. The number of carbonyl (C=O) groups is 1.